The van der Waals surface area contributed by atoms with Gasteiger partial charge in [-0.05, 0) is 36.6 Å². The molecule has 0 saturated carbocycles. The lowest BCUT2D eigenvalue weighted by atomic mass is 10.1. The molecule has 1 aromatic heterocycles. The molecular weight excluding hydrogens is 266 g/mol. The Balaban J connectivity index is 2.10. The summed E-state index contributed by atoms with van der Waals surface area (Å²) in [6.45, 7) is 3.90. The molecule has 0 atom stereocenters. The van der Waals surface area contributed by atoms with Gasteiger partial charge in [-0.25, -0.2) is 0 Å². The van der Waals surface area contributed by atoms with Crippen molar-refractivity contribution < 1.29 is 9.59 Å². The van der Waals surface area contributed by atoms with Crippen LogP contribution in [0.3, 0.4) is 0 Å². The minimum atomic E-state index is -0.715. The van der Waals surface area contributed by atoms with Crippen LogP contribution in [-0.2, 0) is 16.0 Å². The molecule has 2 aromatic rings. The number of pyridine rings is 1. The lowest BCUT2D eigenvalue weighted by molar-refractivity contribution is -0.133. The van der Waals surface area contributed by atoms with E-state index in [0.717, 1.165) is 17.5 Å². The lowest BCUT2D eigenvalue weighted by Crippen LogP contribution is -2.29. The fourth-order valence-corrected chi connectivity index (χ4v) is 2.00. The first kappa shape index (κ1) is 14.7. The summed E-state index contributed by atoms with van der Waals surface area (Å²) in [6, 6.07) is 9.11. The van der Waals surface area contributed by atoms with Crippen molar-refractivity contribution in [3.05, 3.63) is 53.9 Å². The van der Waals surface area contributed by atoms with E-state index in [9.17, 15) is 9.59 Å². The van der Waals surface area contributed by atoms with E-state index in [1.54, 1.807) is 18.3 Å². The molecule has 5 heteroatoms. The zero-order valence-electron chi connectivity index (χ0n) is 12.0. The number of carbonyl (C=O) groups excluding carboxylic acids is 2. The van der Waals surface area contributed by atoms with Crippen LogP contribution in [0.1, 0.15) is 18.1 Å². The normalized spacial score (nSPS) is 10.0. The standard InChI is InChI=1S/C16H17N3O2/c1-3-12-7-4-6-11(2)14(12)19-16(21)15(20)18-13-8-5-9-17-10-13/h4-10H,3H2,1-2H3,(H,18,20)(H,19,21). The highest BCUT2D eigenvalue weighted by Crippen LogP contribution is 2.21. The molecule has 2 amide bonds. The topological polar surface area (TPSA) is 71.1 Å². The molecule has 1 heterocycles. The van der Waals surface area contributed by atoms with E-state index in [1.165, 1.54) is 6.20 Å². The van der Waals surface area contributed by atoms with Crippen molar-refractivity contribution in [2.45, 2.75) is 20.3 Å². The van der Waals surface area contributed by atoms with Crippen molar-refractivity contribution in [1.82, 2.24) is 4.98 Å². The van der Waals surface area contributed by atoms with E-state index in [-0.39, 0.29) is 0 Å². The molecule has 0 saturated heterocycles. The molecule has 108 valence electrons. The molecule has 0 spiro atoms. The molecule has 1 aromatic carbocycles. The Morgan fingerprint density at radius 1 is 1.10 bits per heavy atom. The van der Waals surface area contributed by atoms with Gasteiger partial charge < -0.3 is 10.6 Å². The Hall–Kier alpha value is -2.69. The van der Waals surface area contributed by atoms with Gasteiger partial charge in [-0.15, -0.1) is 0 Å². The lowest BCUT2D eigenvalue weighted by Gasteiger charge is -2.12. The Labute approximate surface area is 123 Å². The van der Waals surface area contributed by atoms with E-state index >= 15 is 0 Å². The number of nitrogens with one attached hydrogen (secondary N) is 2. The van der Waals surface area contributed by atoms with Crippen LogP contribution >= 0.6 is 0 Å². The van der Waals surface area contributed by atoms with Crippen LogP contribution in [0.15, 0.2) is 42.7 Å². The van der Waals surface area contributed by atoms with Crippen LogP contribution < -0.4 is 10.6 Å². The number of amides is 2. The quantitative estimate of drug-likeness (QED) is 0.850. The highest BCUT2D eigenvalue weighted by molar-refractivity contribution is 6.43. The van der Waals surface area contributed by atoms with Gasteiger partial charge in [0.1, 0.15) is 0 Å². The molecule has 2 N–H and O–H groups in total. The number of aryl methyl sites for hydroxylation is 2. The third kappa shape index (κ3) is 3.66. The second kappa shape index (κ2) is 6.65. The number of hydrogen-bond donors (Lipinski definition) is 2. The summed E-state index contributed by atoms with van der Waals surface area (Å²) in [4.78, 5) is 27.7. The van der Waals surface area contributed by atoms with Gasteiger partial charge in [0.15, 0.2) is 0 Å². The van der Waals surface area contributed by atoms with Gasteiger partial charge in [0, 0.05) is 11.9 Å². The summed E-state index contributed by atoms with van der Waals surface area (Å²) in [5, 5.41) is 5.18. The van der Waals surface area contributed by atoms with E-state index in [4.69, 9.17) is 0 Å². The summed E-state index contributed by atoms with van der Waals surface area (Å²) in [7, 11) is 0. The summed E-state index contributed by atoms with van der Waals surface area (Å²) >= 11 is 0. The predicted molar refractivity (Wildman–Crippen MR) is 82.1 cm³/mol. The highest BCUT2D eigenvalue weighted by Gasteiger charge is 2.16. The molecule has 21 heavy (non-hydrogen) atoms. The van der Waals surface area contributed by atoms with E-state index in [0.29, 0.717) is 11.4 Å². The Morgan fingerprint density at radius 2 is 1.86 bits per heavy atom. The number of aromatic nitrogens is 1. The highest BCUT2D eigenvalue weighted by atomic mass is 16.2. The third-order valence-corrected chi connectivity index (χ3v) is 3.10. The van der Waals surface area contributed by atoms with Gasteiger partial charge in [-0.3, -0.25) is 14.6 Å². The van der Waals surface area contributed by atoms with E-state index < -0.39 is 11.8 Å². The maximum Gasteiger partial charge on any atom is 0.314 e. The Morgan fingerprint density at radius 3 is 2.52 bits per heavy atom. The fourth-order valence-electron chi connectivity index (χ4n) is 2.00. The molecule has 0 radical (unpaired) electrons. The molecule has 2 rings (SSSR count). The maximum absolute atomic E-state index is 12.0. The predicted octanol–water partition coefficient (Wildman–Crippen LogP) is 2.53. The van der Waals surface area contributed by atoms with Crippen LogP contribution in [0.2, 0.25) is 0 Å². The molecule has 5 nitrogen and oxygen atoms in total. The Bertz CT molecular complexity index is 654. The van der Waals surface area contributed by atoms with Crippen LogP contribution in [0, 0.1) is 6.92 Å². The minimum Gasteiger partial charge on any atom is -0.317 e. The first-order valence-electron chi connectivity index (χ1n) is 6.72. The summed E-state index contributed by atoms with van der Waals surface area (Å²) < 4.78 is 0. The third-order valence-electron chi connectivity index (χ3n) is 3.10. The number of benzene rings is 1. The van der Waals surface area contributed by atoms with Gasteiger partial charge in [0.2, 0.25) is 0 Å². The van der Waals surface area contributed by atoms with Crippen molar-refractivity contribution in [2.75, 3.05) is 10.6 Å². The van der Waals surface area contributed by atoms with Crippen LogP contribution in [0.25, 0.3) is 0 Å². The van der Waals surface area contributed by atoms with Crippen molar-refractivity contribution in [1.29, 1.82) is 0 Å². The van der Waals surface area contributed by atoms with Crippen molar-refractivity contribution in [3.63, 3.8) is 0 Å². The second-order valence-corrected chi connectivity index (χ2v) is 4.61. The van der Waals surface area contributed by atoms with Crippen molar-refractivity contribution in [2.24, 2.45) is 0 Å². The molecular formula is C16H17N3O2. The second-order valence-electron chi connectivity index (χ2n) is 4.61. The summed E-state index contributed by atoms with van der Waals surface area (Å²) in [5.41, 5.74) is 3.11. The number of rotatable bonds is 3. The van der Waals surface area contributed by atoms with E-state index in [2.05, 4.69) is 15.6 Å². The minimum absolute atomic E-state index is 0.484. The van der Waals surface area contributed by atoms with E-state index in [1.807, 2.05) is 32.0 Å². The maximum atomic E-state index is 12.0. The number of nitrogens with zero attached hydrogens (tertiary/aromatic N) is 1. The van der Waals surface area contributed by atoms with Crippen LogP contribution in [-0.4, -0.2) is 16.8 Å². The summed E-state index contributed by atoms with van der Waals surface area (Å²) in [5.74, 6) is -1.41. The van der Waals surface area contributed by atoms with Crippen LogP contribution in [0.5, 0.6) is 0 Å². The Kier molecular flexibility index (Phi) is 4.66. The first-order valence-corrected chi connectivity index (χ1v) is 6.72. The van der Waals surface area contributed by atoms with Gasteiger partial charge in [0.25, 0.3) is 0 Å². The van der Waals surface area contributed by atoms with Gasteiger partial charge in [0.05, 0.1) is 11.9 Å². The molecule has 0 aliphatic rings. The van der Waals surface area contributed by atoms with Gasteiger partial charge >= 0.3 is 11.8 Å². The molecule has 0 unspecified atom stereocenters. The molecule has 0 bridgehead atoms. The average Bonchev–Trinajstić information content (AvgIpc) is 2.50. The van der Waals surface area contributed by atoms with Crippen molar-refractivity contribution in [3.8, 4) is 0 Å². The fraction of sp³-hybridized carbons (Fsp3) is 0.188. The van der Waals surface area contributed by atoms with Gasteiger partial charge in [-0.2, -0.15) is 0 Å². The molecule has 0 fully saturated rings. The zero-order valence-corrected chi connectivity index (χ0v) is 12.0. The zero-order chi connectivity index (χ0) is 15.2. The SMILES string of the molecule is CCc1cccc(C)c1NC(=O)C(=O)Nc1cccnc1. The molecule has 0 aliphatic heterocycles. The smallest absolute Gasteiger partial charge is 0.314 e. The van der Waals surface area contributed by atoms with Crippen molar-refractivity contribution >= 4 is 23.2 Å². The monoisotopic (exact) mass is 283 g/mol. The average molecular weight is 283 g/mol. The number of anilines is 2. The first-order chi connectivity index (χ1) is 10.1. The number of hydrogen-bond acceptors (Lipinski definition) is 3. The summed E-state index contributed by atoms with van der Waals surface area (Å²) in [6.07, 6.45) is 3.86. The molecule has 0 aliphatic carbocycles. The number of carbonyl (C=O) groups is 2. The largest absolute Gasteiger partial charge is 0.317 e. The van der Waals surface area contributed by atoms with Crippen LogP contribution in [0.4, 0.5) is 11.4 Å². The van der Waals surface area contributed by atoms with Gasteiger partial charge in [-0.1, -0.05) is 25.1 Å². The number of para-hydroxylation sites is 1.